The van der Waals surface area contributed by atoms with Crippen molar-refractivity contribution in [1.29, 1.82) is 0 Å². The third kappa shape index (κ3) is 3.61. The van der Waals surface area contributed by atoms with Gasteiger partial charge in [0.05, 0.1) is 11.2 Å². The fourth-order valence-electron chi connectivity index (χ4n) is 3.45. The van der Waals surface area contributed by atoms with Gasteiger partial charge in [-0.2, -0.15) is 0 Å². The van der Waals surface area contributed by atoms with Crippen LogP contribution >= 0.6 is 24.0 Å². The molecule has 6 heteroatoms. The fourth-order valence-corrected chi connectivity index (χ4v) is 3.62. The van der Waals surface area contributed by atoms with E-state index in [9.17, 15) is 4.39 Å². The van der Waals surface area contributed by atoms with E-state index in [2.05, 4.69) is 0 Å². The Bertz CT molecular complexity index is 1210. The van der Waals surface area contributed by atoms with Crippen molar-refractivity contribution in [3.05, 3.63) is 77.6 Å². The first kappa shape index (κ1) is 19.5. The third-order valence-corrected chi connectivity index (χ3v) is 5.01. The van der Waals surface area contributed by atoms with Crippen LogP contribution < -0.4 is 9.47 Å². The Morgan fingerprint density at radius 2 is 1.62 bits per heavy atom. The summed E-state index contributed by atoms with van der Waals surface area (Å²) in [5, 5.41) is 1.39. The number of halogens is 3. The predicted octanol–water partition coefficient (Wildman–Crippen LogP) is 6.55. The number of hydrogen-bond acceptors (Lipinski definition) is 3. The van der Waals surface area contributed by atoms with Gasteiger partial charge >= 0.3 is 0 Å². The van der Waals surface area contributed by atoms with Crippen molar-refractivity contribution >= 4 is 34.9 Å². The number of hydrogen-bond donors (Lipinski definition) is 0. The molecule has 2 heterocycles. The second-order valence-corrected chi connectivity index (χ2v) is 6.99. The van der Waals surface area contributed by atoms with E-state index in [1.54, 1.807) is 18.2 Å². The monoisotopic (exact) mass is 427 g/mol. The predicted molar refractivity (Wildman–Crippen MR) is 116 cm³/mol. The van der Waals surface area contributed by atoms with Gasteiger partial charge in [0.15, 0.2) is 11.5 Å². The van der Waals surface area contributed by atoms with Crippen molar-refractivity contribution in [3.63, 3.8) is 0 Å². The number of rotatable bonds is 2. The van der Waals surface area contributed by atoms with Crippen molar-refractivity contribution in [2.24, 2.45) is 0 Å². The van der Waals surface area contributed by atoms with Crippen molar-refractivity contribution in [3.8, 4) is 33.9 Å². The van der Waals surface area contributed by atoms with E-state index in [-0.39, 0.29) is 18.2 Å². The Kier molecular flexibility index (Phi) is 5.31. The highest BCUT2D eigenvalue weighted by atomic mass is 35.5. The largest absolute Gasteiger partial charge is 0.486 e. The maximum atomic E-state index is 14.6. The average molecular weight is 428 g/mol. The number of pyridine rings is 1. The molecule has 1 aromatic heterocycles. The molecule has 0 unspecified atom stereocenters. The van der Waals surface area contributed by atoms with Gasteiger partial charge in [0.25, 0.3) is 0 Å². The summed E-state index contributed by atoms with van der Waals surface area (Å²) in [6.07, 6.45) is 0. The Labute approximate surface area is 178 Å². The zero-order chi connectivity index (χ0) is 19.1. The molecule has 0 atom stereocenters. The molecule has 0 saturated carbocycles. The van der Waals surface area contributed by atoms with Crippen LogP contribution in [0.4, 0.5) is 4.39 Å². The summed E-state index contributed by atoms with van der Waals surface area (Å²) < 4.78 is 25.9. The van der Waals surface area contributed by atoms with Crippen LogP contribution in [-0.4, -0.2) is 18.2 Å². The van der Waals surface area contributed by atoms with Crippen LogP contribution in [0.2, 0.25) is 5.02 Å². The summed E-state index contributed by atoms with van der Waals surface area (Å²) >= 11 is 6.20. The second kappa shape index (κ2) is 7.90. The molecule has 0 aliphatic carbocycles. The molecule has 0 radical (unpaired) electrons. The fraction of sp³-hybridized carbons (Fsp3) is 0.0870. The first-order valence-electron chi connectivity index (χ1n) is 8.94. The molecule has 3 nitrogen and oxygen atoms in total. The number of benzene rings is 3. The maximum Gasteiger partial charge on any atom is 0.162 e. The second-order valence-electron chi connectivity index (χ2n) is 6.55. The molecule has 1 aliphatic heterocycles. The Morgan fingerprint density at radius 3 is 2.45 bits per heavy atom. The quantitative estimate of drug-likeness (QED) is 0.363. The first-order chi connectivity index (χ1) is 13.7. The minimum absolute atomic E-state index is 0. The van der Waals surface area contributed by atoms with Gasteiger partial charge in [-0.3, -0.25) is 0 Å². The highest BCUT2D eigenvalue weighted by Gasteiger charge is 2.16. The molecule has 0 spiro atoms. The van der Waals surface area contributed by atoms with Gasteiger partial charge in [0, 0.05) is 21.5 Å². The minimum atomic E-state index is -0.289. The lowest BCUT2D eigenvalue weighted by Gasteiger charge is -2.19. The maximum absolute atomic E-state index is 14.6. The van der Waals surface area contributed by atoms with E-state index in [1.807, 2.05) is 42.5 Å². The van der Waals surface area contributed by atoms with Gasteiger partial charge in [-0.25, -0.2) is 9.37 Å². The molecule has 1 aliphatic rings. The van der Waals surface area contributed by atoms with Gasteiger partial charge in [-0.15, -0.1) is 12.4 Å². The Hall–Kier alpha value is -2.82. The summed E-state index contributed by atoms with van der Waals surface area (Å²) in [4.78, 5) is 4.77. The highest BCUT2D eigenvalue weighted by Crippen LogP contribution is 2.38. The topological polar surface area (TPSA) is 31.4 Å². The number of aromatic nitrogens is 1. The SMILES string of the molecule is Cl.Fc1ccccc1-c1cc(-c2ccc3c(c2)OCCO3)nc2ccc(Cl)cc12. The third-order valence-electron chi connectivity index (χ3n) is 4.77. The van der Waals surface area contributed by atoms with Crippen LogP contribution in [-0.2, 0) is 0 Å². The number of fused-ring (bicyclic) bond motifs is 2. The molecule has 5 rings (SSSR count). The van der Waals surface area contributed by atoms with E-state index < -0.39 is 0 Å². The molecule has 0 amide bonds. The van der Waals surface area contributed by atoms with Crippen LogP contribution in [0.3, 0.4) is 0 Å². The normalized spacial score (nSPS) is 12.5. The van der Waals surface area contributed by atoms with Crippen LogP contribution in [0, 0.1) is 5.82 Å². The number of ether oxygens (including phenoxy) is 2. The van der Waals surface area contributed by atoms with E-state index in [1.165, 1.54) is 6.07 Å². The van der Waals surface area contributed by atoms with E-state index >= 15 is 0 Å². The number of nitrogens with zero attached hydrogens (tertiary/aromatic N) is 1. The van der Waals surface area contributed by atoms with Crippen LogP contribution in [0.5, 0.6) is 11.5 Å². The van der Waals surface area contributed by atoms with Crippen LogP contribution in [0.25, 0.3) is 33.3 Å². The lowest BCUT2D eigenvalue weighted by molar-refractivity contribution is 0.171. The van der Waals surface area contributed by atoms with Gasteiger partial charge in [0.2, 0.25) is 0 Å². The van der Waals surface area contributed by atoms with Gasteiger partial charge < -0.3 is 9.47 Å². The molecule has 3 aromatic carbocycles. The molecule has 0 saturated heterocycles. The van der Waals surface area contributed by atoms with Crippen LogP contribution in [0.1, 0.15) is 0 Å². The molecule has 0 N–H and O–H groups in total. The lowest BCUT2D eigenvalue weighted by atomic mass is 9.97. The first-order valence-corrected chi connectivity index (χ1v) is 9.32. The van der Waals surface area contributed by atoms with E-state index in [4.69, 9.17) is 26.1 Å². The van der Waals surface area contributed by atoms with Crippen LogP contribution in [0.15, 0.2) is 66.7 Å². The summed E-state index contributed by atoms with van der Waals surface area (Å²) in [5.41, 5.74) is 3.60. The Morgan fingerprint density at radius 1 is 0.828 bits per heavy atom. The molecule has 4 aromatic rings. The van der Waals surface area contributed by atoms with Crippen molar-refractivity contribution in [2.45, 2.75) is 0 Å². The van der Waals surface area contributed by atoms with E-state index in [0.717, 1.165) is 33.5 Å². The average Bonchev–Trinajstić information content (AvgIpc) is 2.73. The summed E-state index contributed by atoms with van der Waals surface area (Å²) in [6.45, 7) is 1.05. The minimum Gasteiger partial charge on any atom is -0.486 e. The summed E-state index contributed by atoms with van der Waals surface area (Å²) in [5.74, 6) is 1.12. The van der Waals surface area contributed by atoms with E-state index in [0.29, 0.717) is 29.5 Å². The molecule has 29 heavy (non-hydrogen) atoms. The molecule has 146 valence electrons. The van der Waals surface area contributed by atoms with Gasteiger partial charge in [-0.05, 0) is 54.1 Å². The molecule has 0 fully saturated rings. The lowest BCUT2D eigenvalue weighted by Crippen LogP contribution is -2.15. The molecule has 0 bridgehead atoms. The standard InChI is InChI=1S/C23H15ClFNO2.ClH/c24-15-6-7-20-18(12-15)17(16-3-1-2-4-19(16)25)13-21(26-20)14-5-8-22-23(11-14)28-10-9-27-22;/h1-8,11-13H,9-10H2;1H. The summed E-state index contributed by atoms with van der Waals surface area (Å²) in [7, 11) is 0. The molecular weight excluding hydrogens is 412 g/mol. The van der Waals surface area contributed by atoms with Gasteiger partial charge in [0.1, 0.15) is 19.0 Å². The zero-order valence-corrected chi connectivity index (χ0v) is 16.8. The Balaban J connectivity index is 0.00000205. The highest BCUT2D eigenvalue weighted by molar-refractivity contribution is 6.31. The smallest absolute Gasteiger partial charge is 0.162 e. The van der Waals surface area contributed by atoms with Gasteiger partial charge in [-0.1, -0.05) is 29.8 Å². The van der Waals surface area contributed by atoms with Crippen molar-refractivity contribution in [2.75, 3.05) is 13.2 Å². The zero-order valence-electron chi connectivity index (χ0n) is 15.2. The molecular formula is C23H16Cl2FNO2. The van der Waals surface area contributed by atoms with Crippen molar-refractivity contribution < 1.29 is 13.9 Å². The van der Waals surface area contributed by atoms with Crippen molar-refractivity contribution in [1.82, 2.24) is 4.98 Å². The summed E-state index contributed by atoms with van der Waals surface area (Å²) in [6, 6.07) is 19.8.